The first-order chi connectivity index (χ1) is 9.06. The Morgan fingerprint density at radius 3 is 2.68 bits per heavy atom. The average Bonchev–Trinajstić information content (AvgIpc) is 2.72. The van der Waals surface area contributed by atoms with Crippen molar-refractivity contribution in [1.82, 2.24) is 19.6 Å². The van der Waals surface area contributed by atoms with Gasteiger partial charge in [-0.05, 0) is 17.7 Å². The first-order valence-electron chi connectivity index (χ1n) is 5.29. The van der Waals surface area contributed by atoms with Gasteiger partial charge < -0.3 is 10.8 Å². The summed E-state index contributed by atoms with van der Waals surface area (Å²) in [4.78, 5) is 18.2. The van der Waals surface area contributed by atoms with E-state index in [0.717, 1.165) is 4.52 Å². The van der Waals surface area contributed by atoms with Crippen LogP contribution in [0.2, 0.25) is 5.02 Å². The fourth-order valence-corrected chi connectivity index (χ4v) is 1.93. The second-order valence-corrected chi connectivity index (χ2v) is 4.30. The average molecular weight is 278 g/mol. The Labute approximate surface area is 111 Å². The fraction of sp³-hybridized carbons (Fsp3) is 0. The van der Waals surface area contributed by atoms with E-state index >= 15 is 0 Å². The van der Waals surface area contributed by atoms with Gasteiger partial charge in [-0.15, -0.1) is 5.10 Å². The number of halogens is 1. The van der Waals surface area contributed by atoms with Gasteiger partial charge >= 0.3 is 0 Å². The molecule has 7 nitrogen and oxygen atoms in total. The molecule has 0 unspecified atom stereocenters. The first kappa shape index (κ1) is 11.5. The predicted molar refractivity (Wildman–Crippen MR) is 70.1 cm³/mol. The molecule has 2 aromatic heterocycles. The molecular formula is C11H8ClN5O2. The Morgan fingerprint density at radius 2 is 2.00 bits per heavy atom. The largest absolute Gasteiger partial charge is 0.493 e. The SMILES string of the molecule is Nc1nc2[nH]c(=O)c(-c3ccc(Cl)cc3)c(O)n2n1. The molecule has 0 saturated carbocycles. The van der Waals surface area contributed by atoms with E-state index in [9.17, 15) is 9.90 Å². The van der Waals surface area contributed by atoms with Gasteiger partial charge in [0.25, 0.3) is 5.56 Å². The highest BCUT2D eigenvalue weighted by Gasteiger charge is 2.16. The smallest absolute Gasteiger partial charge is 0.264 e. The summed E-state index contributed by atoms with van der Waals surface area (Å²) >= 11 is 5.78. The van der Waals surface area contributed by atoms with Gasteiger partial charge in [0.1, 0.15) is 5.56 Å². The molecule has 0 amide bonds. The van der Waals surface area contributed by atoms with Crippen LogP contribution < -0.4 is 11.3 Å². The number of benzene rings is 1. The fourth-order valence-electron chi connectivity index (χ4n) is 1.80. The first-order valence-corrected chi connectivity index (χ1v) is 5.67. The number of H-pyrrole nitrogens is 1. The van der Waals surface area contributed by atoms with Gasteiger partial charge in [0, 0.05) is 5.02 Å². The summed E-state index contributed by atoms with van der Waals surface area (Å²) in [5.74, 6) is -0.290. The van der Waals surface area contributed by atoms with E-state index in [0.29, 0.717) is 10.6 Å². The third-order valence-corrected chi connectivity index (χ3v) is 2.89. The molecule has 3 aromatic rings. The maximum absolute atomic E-state index is 12.0. The number of anilines is 1. The summed E-state index contributed by atoms with van der Waals surface area (Å²) in [6.45, 7) is 0. The van der Waals surface area contributed by atoms with Crippen molar-refractivity contribution in [3.63, 3.8) is 0 Å². The molecule has 19 heavy (non-hydrogen) atoms. The summed E-state index contributed by atoms with van der Waals surface area (Å²) in [6, 6.07) is 6.49. The van der Waals surface area contributed by atoms with E-state index in [-0.39, 0.29) is 23.2 Å². The molecule has 0 fully saturated rings. The van der Waals surface area contributed by atoms with E-state index in [2.05, 4.69) is 15.1 Å². The summed E-state index contributed by atoms with van der Waals surface area (Å²) in [5.41, 5.74) is 5.53. The van der Waals surface area contributed by atoms with Crippen molar-refractivity contribution in [2.75, 3.05) is 5.73 Å². The maximum atomic E-state index is 12.0. The Balaban J connectivity index is 2.34. The normalized spacial score (nSPS) is 11.0. The Hall–Kier alpha value is -2.54. The number of nitrogens with two attached hydrogens (primary N) is 1. The minimum Gasteiger partial charge on any atom is -0.493 e. The molecule has 8 heteroatoms. The molecule has 0 aliphatic heterocycles. The van der Waals surface area contributed by atoms with Crippen molar-refractivity contribution in [2.45, 2.75) is 0 Å². The van der Waals surface area contributed by atoms with E-state index < -0.39 is 5.56 Å². The highest BCUT2D eigenvalue weighted by Crippen LogP contribution is 2.26. The number of nitrogens with zero attached hydrogens (tertiary/aromatic N) is 3. The zero-order valence-electron chi connectivity index (χ0n) is 9.46. The molecule has 0 aliphatic carbocycles. The number of hydrogen-bond donors (Lipinski definition) is 3. The molecule has 0 spiro atoms. The van der Waals surface area contributed by atoms with E-state index in [1.54, 1.807) is 24.3 Å². The lowest BCUT2D eigenvalue weighted by atomic mass is 10.1. The van der Waals surface area contributed by atoms with Crippen LogP contribution in [0.15, 0.2) is 29.1 Å². The van der Waals surface area contributed by atoms with Crippen LogP contribution in [0.25, 0.3) is 16.9 Å². The second-order valence-electron chi connectivity index (χ2n) is 3.87. The Bertz CT molecular complexity index is 821. The molecule has 0 saturated heterocycles. The molecule has 4 N–H and O–H groups in total. The van der Waals surface area contributed by atoms with Gasteiger partial charge in [-0.2, -0.15) is 9.50 Å². The number of hydrogen-bond acceptors (Lipinski definition) is 5. The summed E-state index contributed by atoms with van der Waals surface area (Å²) < 4.78 is 1.07. The van der Waals surface area contributed by atoms with Crippen LogP contribution in [0.1, 0.15) is 0 Å². The molecule has 0 atom stereocenters. The second kappa shape index (κ2) is 3.99. The highest BCUT2D eigenvalue weighted by atomic mass is 35.5. The molecular weight excluding hydrogens is 270 g/mol. The van der Waals surface area contributed by atoms with Crippen molar-refractivity contribution < 1.29 is 5.11 Å². The van der Waals surface area contributed by atoms with Crippen LogP contribution >= 0.6 is 11.6 Å². The number of aromatic amines is 1. The highest BCUT2D eigenvalue weighted by molar-refractivity contribution is 6.30. The number of nitrogen functional groups attached to an aromatic ring is 1. The van der Waals surface area contributed by atoms with Crippen molar-refractivity contribution in [2.24, 2.45) is 0 Å². The maximum Gasteiger partial charge on any atom is 0.264 e. The molecule has 0 bridgehead atoms. The Morgan fingerprint density at radius 1 is 1.32 bits per heavy atom. The molecule has 96 valence electrons. The lowest BCUT2D eigenvalue weighted by Crippen LogP contribution is -2.12. The number of fused-ring (bicyclic) bond motifs is 1. The molecule has 3 rings (SSSR count). The van der Waals surface area contributed by atoms with Crippen LogP contribution in [0, 0.1) is 0 Å². The number of aromatic hydroxyl groups is 1. The van der Waals surface area contributed by atoms with Gasteiger partial charge in [-0.25, -0.2) is 0 Å². The zero-order chi connectivity index (χ0) is 13.6. The van der Waals surface area contributed by atoms with E-state index in [1.165, 1.54) is 0 Å². The van der Waals surface area contributed by atoms with Crippen molar-refractivity contribution in [3.8, 4) is 17.0 Å². The third-order valence-electron chi connectivity index (χ3n) is 2.63. The third kappa shape index (κ3) is 1.80. The van der Waals surface area contributed by atoms with Gasteiger partial charge in [-0.1, -0.05) is 23.7 Å². The van der Waals surface area contributed by atoms with E-state index in [1.807, 2.05) is 0 Å². The lowest BCUT2D eigenvalue weighted by Gasteiger charge is -2.04. The van der Waals surface area contributed by atoms with Crippen LogP contribution in [0.3, 0.4) is 0 Å². The number of rotatable bonds is 1. The number of nitrogens with one attached hydrogen (secondary N) is 1. The standard InChI is InChI=1S/C11H8ClN5O2/c12-6-3-1-5(2-4-6)7-8(18)14-11-15-10(13)16-17(11)9(7)19/h1-4,19H,(H3,13,14,15,16,18). The number of aromatic nitrogens is 4. The van der Waals surface area contributed by atoms with Gasteiger partial charge in [-0.3, -0.25) is 9.78 Å². The van der Waals surface area contributed by atoms with Gasteiger partial charge in [0.15, 0.2) is 0 Å². The molecule has 1 aromatic carbocycles. The van der Waals surface area contributed by atoms with Crippen LogP contribution in [-0.4, -0.2) is 24.7 Å². The summed E-state index contributed by atoms with van der Waals surface area (Å²) in [6.07, 6.45) is 0. The summed E-state index contributed by atoms with van der Waals surface area (Å²) in [7, 11) is 0. The predicted octanol–water partition coefficient (Wildman–Crippen LogP) is 1.03. The van der Waals surface area contributed by atoms with Gasteiger partial charge in [0.05, 0.1) is 0 Å². The van der Waals surface area contributed by atoms with Gasteiger partial charge in [0.2, 0.25) is 17.6 Å². The van der Waals surface area contributed by atoms with Crippen LogP contribution in [0.5, 0.6) is 5.88 Å². The molecule has 2 heterocycles. The van der Waals surface area contributed by atoms with Crippen LogP contribution in [-0.2, 0) is 0 Å². The van der Waals surface area contributed by atoms with E-state index in [4.69, 9.17) is 17.3 Å². The zero-order valence-corrected chi connectivity index (χ0v) is 10.2. The minimum absolute atomic E-state index is 0.0424. The van der Waals surface area contributed by atoms with Crippen molar-refractivity contribution in [3.05, 3.63) is 39.6 Å². The van der Waals surface area contributed by atoms with Crippen molar-refractivity contribution >= 4 is 23.3 Å². The molecule has 0 radical (unpaired) electrons. The lowest BCUT2D eigenvalue weighted by molar-refractivity contribution is 0.437. The van der Waals surface area contributed by atoms with Crippen molar-refractivity contribution in [1.29, 1.82) is 0 Å². The topological polar surface area (TPSA) is 109 Å². The van der Waals surface area contributed by atoms with Crippen LogP contribution in [0.4, 0.5) is 5.95 Å². The minimum atomic E-state index is -0.486. The quantitative estimate of drug-likeness (QED) is 0.615. The Kier molecular flexibility index (Phi) is 2.42. The monoisotopic (exact) mass is 277 g/mol. The summed E-state index contributed by atoms with van der Waals surface area (Å²) in [5, 5.41) is 14.4. The molecule has 0 aliphatic rings.